The summed E-state index contributed by atoms with van der Waals surface area (Å²) in [5.41, 5.74) is 2.65. The predicted molar refractivity (Wildman–Crippen MR) is 107 cm³/mol. The van der Waals surface area contributed by atoms with Crippen LogP contribution in [0.5, 0.6) is 11.5 Å². The van der Waals surface area contributed by atoms with Gasteiger partial charge >= 0.3 is 0 Å². The molecular weight excluding hydrogens is 420 g/mol. The molecule has 2 N–H and O–H groups in total. The summed E-state index contributed by atoms with van der Waals surface area (Å²) in [5.74, 6) is 1.35. The van der Waals surface area contributed by atoms with Gasteiger partial charge in [-0.3, -0.25) is 4.72 Å². The van der Waals surface area contributed by atoms with Crippen molar-refractivity contribution in [3.63, 3.8) is 0 Å². The molecule has 0 heterocycles. The molecule has 0 bridgehead atoms. The standard InChI is InChI=1S/C18H23BrN2O4S/c1-12(13-5-7-15(8-6-13)21-26(4,22)23)20-11-14-9-17(24-2)18(25-3)10-16(14)19/h5-10,12,20-21H,11H2,1-4H3/t12-/m1/s1. The van der Waals surface area contributed by atoms with Gasteiger partial charge in [0.25, 0.3) is 0 Å². The number of ether oxygens (including phenoxy) is 2. The molecular formula is C18H23BrN2O4S. The molecule has 1 atom stereocenters. The molecule has 0 unspecified atom stereocenters. The first-order valence-electron chi connectivity index (χ1n) is 7.95. The number of methoxy groups -OCH3 is 2. The van der Waals surface area contributed by atoms with E-state index in [4.69, 9.17) is 9.47 Å². The fourth-order valence-corrected chi connectivity index (χ4v) is 3.49. The maximum atomic E-state index is 11.3. The van der Waals surface area contributed by atoms with E-state index in [0.717, 1.165) is 21.9 Å². The van der Waals surface area contributed by atoms with E-state index < -0.39 is 10.0 Å². The SMILES string of the molecule is COc1cc(Br)c(CN[C@H](C)c2ccc(NS(C)(=O)=O)cc2)cc1OC. The molecule has 6 nitrogen and oxygen atoms in total. The van der Waals surface area contributed by atoms with Crippen LogP contribution in [0.25, 0.3) is 0 Å². The number of hydrogen-bond acceptors (Lipinski definition) is 5. The van der Waals surface area contributed by atoms with Gasteiger partial charge in [0.15, 0.2) is 11.5 Å². The molecule has 0 aromatic heterocycles. The fourth-order valence-electron chi connectivity index (χ4n) is 2.47. The van der Waals surface area contributed by atoms with Crippen LogP contribution >= 0.6 is 15.9 Å². The topological polar surface area (TPSA) is 76.7 Å². The van der Waals surface area contributed by atoms with Crippen LogP contribution in [-0.4, -0.2) is 28.9 Å². The molecule has 0 fully saturated rings. The third-order valence-electron chi connectivity index (χ3n) is 3.87. The summed E-state index contributed by atoms with van der Waals surface area (Å²) in [5, 5.41) is 3.45. The van der Waals surface area contributed by atoms with E-state index in [1.807, 2.05) is 31.2 Å². The van der Waals surface area contributed by atoms with Gasteiger partial charge in [-0.1, -0.05) is 28.1 Å². The van der Waals surface area contributed by atoms with Crippen molar-refractivity contribution < 1.29 is 17.9 Å². The molecule has 2 rings (SSSR count). The van der Waals surface area contributed by atoms with Crippen molar-refractivity contribution in [2.45, 2.75) is 19.5 Å². The average molecular weight is 443 g/mol. The molecule has 0 aliphatic carbocycles. The predicted octanol–water partition coefficient (Wildman–Crippen LogP) is 3.69. The van der Waals surface area contributed by atoms with E-state index >= 15 is 0 Å². The summed E-state index contributed by atoms with van der Waals surface area (Å²) in [4.78, 5) is 0. The van der Waals surface area contributed by atoms with E-state index in [2.05, 4.69) is 26.0 Å². The Labute approximate surface area is 163 Å². The van der Waals surface area contributed by atoms with Crippen molar-refractivity contribution in [1.82, 2.24) is 5.32 Å². The zero-order chi connectivity index (χ0) is 19.3. The molecule has 8 heteroatoms. The molecule has 2 aromatic rings. The van der Waals surface area contributed by atoms with Crippen molar-refractivity contribution in [3.8, 4) is 11.5 Å². The molecule has 0 aliphatic rings. The molecule has 0 saturated heterocycles. The molecule has 26 heavy (non-hydrogen) atoms. The molecule has 0 amide bonds. The highest BCUT2D eigenvalue weighted by molar-refractivity contribution is 9.10. The summed E-state index contributed by atoms with van der Waals surface area (Å²) in [6, 6.07) is 11.2. The van der Waals surface area contributed by atoms with E-state index in [9.17, 15) is 8.42 Å². The molecule has 0 aliphatic heterocycles. The van der Waals surface area contributed by atoms with Crippen LogP contribution in [0.4, 0.5) is 5.69 Å². The monoisotopic (exact) mass is 442 g/mol. The Kier molecular flexibility index (Phi) is 6.91. The van der Waals surface area contributed by atoms with E-state index in [0.29, 0.717) is 23.7 Å². The van der Waals surface area contributed by atoms with Crippen molar-refractivity contribution in [2.24, 2.45) is 0 Å². The van der Waals surface area contributed by atoms with Crippen LogP contribution in [0, 0.1) is 0 Å². The lowest BCUT2D eigenvalue weighted by atomic mass is 10.1. The number of nitrogens with one attached hydrogen (secondary N) is 2. The zero-order valence-electron chi connectivity index (χ0n) is 15.2. The lowest BCUT2D eigenvalue weighted by molar-refractivity contribution is 0.354. The van der Waals surface area contributed by atoms with Gasteiger partial charge in [-0.25, -0.2) is 8.42 Å². The minimum absolute atomic E-state index is 0.0854. The minimum atomic E-state index is -3.27. The second kappa shape index (κ2) is 8.75. The Balaban J connectivity index is 2.05. The maximum absolute atomic E-state index is 11.3. The van der Waals surface area contributed by atoms with Crippen LogP contribution in [0.2, 0.25) is 0 Å². The lowest BCUT2D eigenvalue weighted by Crippen LogP contribution is -2.18. The van der Waals surface area contributed by atoms with Crippen LogP contribution < -0.4 is 19.5 Å². The van der Waals surface area contributed by atoms with Crippen molar-refractivity contribution in [1.29, 1.82) is 0 Å². The van der Waals surface area contributed by atoms with E-state index in [1.54, 1.807) is 26.4 Å². The first-order chi connectivity index (χ1) is 12.2. The van der Waals surface area contributed by atoms with Gasteiger partial charge in [-0.2, -0.15) is 0 Å². The smallest absolute Gasteiger partial charge is 0.229 e. The summed E-state index contributed by atoms with van der Waals surface area (Å²) >= 11 is 3.55. The second-order valence-electron chi connectivity index (χ2n) is 5.90. The highest BCUT2D eigenvalue weighted by Gasteiger charge is 2.11. The minimum Gasteiger partial charge on any atom is -0.493 e. The number of sulfonamides is 1. The summed E-state index contributed by atoms with van der Waals surface area (Å²) < 4.78 is 36.5. The summed E-state index contributed by atoms with van der Waals surface area (Å²) in [6.45, 7) is 2.68. The van der Waals surface area contributed by atoms with Crippen molar-refractivity contribution in [2.75, 3.05) is 25.2 Å². The maximum Gasteiger partial charge on any atom is 0.229 e. The second-order valence-corrected chi connectivity index (χ2v) is 8.50. The average Bonchev–Trinajstić information content (AvgIpc) is 2.59. The Morgan fingerprint density at radius 1 is 1.08 bits per heavy atom. The highest BCUT2D eigenvalue weighted by Crippen LogP contribution is 2.33. The summed E-state index contributed by atoms with van der Waals surface area (Å²) in [7, 11) is -0.0541. The molecule has 142 valence electrons. The first kappa shape index (κ1) is 20.5. The number of hydrogen-bond donors (Lipinski definition) is 2. The molecule has 0 radical (unpaired) electrons. The van der Waals surface area contributed by atoms with Gasteiger partial charge in [0.05, 0.1) is 20.5 Å². The van der Waals surface area contributed by atoms with Crippen molar-refractivity contribution >= 4 is 31.6 Å². The van der Waals surface area contributed by atoms with Crippen LogP contribution in [0.1, 0.15) is 24.1 Å². The Morgan fingerprint density at radius 3 is 2.19 bits per heavy atom. The van der Waals surface area contributed by atoms with Crippen molar-refractivity contribution in [3.05, 3.63) is 52.0 Å². The normalized spacial score (nSPS) is 12.5. The third kappa shape index (κ3) is 5.62. The number of halogens is 1. The molecule has 2 aromatic carbocycles. The number of benzene rings is 2. The quantitative estimate of drug-likeness (QED) is 0.651. The summed E-state index contributed by atoms with van der Waals surface area (Å²) in [6.07, 6.45) is 1.13. The van der Waals surface area contributed by atoms with E-state index in [-0.39, 0.29) is 6.04 Å². The van der Waals surface area contributed by atoms with Crippen LogP contribution in [0.3, 0.4) is 0 Å². The van der Waals surface area contributed by atoms with E-state index in [1.165, 1.54) is 0 Å². The Bertz CT molecular complexity index is 854. The van der Waals surface area contributed by atoms with Gasteiger partial charge in [0.1, 0.15) is 0 Å². The Hall–Kier alpha value is -1.77. The van der Waals surface area contributed by atoms with Gasteiger partial charge in [0, 0.05) is 22.7 Å². The Morgan fingerprint density at radius 2 is 1.65 bits per heavy atom. The largest absolute Gasteiger partial charge is 0.493 e. The fraction of sp³-hybridized carbons (Fsp3) is 0.333. The van der Waals surface area contributed by atoms with Gasteiger partial charge in [-0.05, 0) is 42.3 Å². The number of anilines is 1. The number of rotatable bonds is 8. The van der Waals surface area contributed by atoms with Crippen LogP contribution in [0.15, 0.2) is 40.9 Å². The molecule has 0 saturated carbocycles. The highest BCUT2D eigenvalue weighted by atomic mass is 79.9. The zero-order valence-corrected chi connectivity index (χ0v) is 17.6. The first-order valence-corrected chi connectivity index (χ1v) is 10.6. The van der Waals surface area contributed by atoms with Gasteiger partial charge in [0.2, 0.25) is 10.0 Å². The van der Waals surface area contributed by atoms with Gasteiger partial charge < -0.3 is 14.8 Å². The van der Waals surface area contributed by atoms with Gasteiger partial charge in [-0.15, -0.1) is 0 Å². The molecule has 0 spiro atoms. The van der Waals surface area contributed by atoms with Crippen LogP contribution in [-0.2, 0) is 16.6 Å². The third-order valence-corrected chi connectivity index (χ3v) is 5.21. The lowest BCUT2D eigenvalue weighted by Gasteiger charge is -2.17.